The van der Waals surface area contributed by atoms with Gasteiger partial charge in [0.15, 0.2) is 0 Å². The highest BCUT2D eigenvalue weighted by Crippen LogP contribution is 2.38. The Balaban J connectivity index is 1.88. The lowest BCUT2D eigenvalue weighted by Gasteiger charge is -2.28. The zero-order valence-corrected chi connectivity index (χ0v) is 12.4. The van der Waals surface area contributed by atoms with E-state index in [2.05, 4.69) is 63.8 Å². The van der Waals surface area contributed by atoms with Crippen LogP contribution in [-0.4, -0.2) is 4.98 Å². The Hall–Kier alpha value is -2.04. The van der Waals surface area contributed by atoms with Crippen LogP contribution in [0.15, 0.2) is 54.7 Å². The van der Waals surface area contributed by atoms with Gasteiger partial charge in [0.25, 0.3) is 0 Å². The fraction of sp³-hybridized carbons (Fsp3) is 0.118. The van der Waals surface area contributed by atoms with Crippen LogP contribution in [0.25, 0.3) is 10.9 Å². The van der Waals surface area contributed by atoms with Crippen LogP contribution in [0.3, 0.4) is 0 Å². The number of hydrogen-bond donors (Lipinski definition) is 2. The lowest BCUT2D eigenvalue weighted by molar-refractivity contribution is 0.800. The molecule has 0 spiro atoms. The smallest absolute Gasteiger partial charge is 0.0945 e. The average Bonchev–Trinajstić information content (AvgIpc) is 2.55. The van der Waals surface area contributed by atoms with Crippen LogP contribution in [-0.2, 0) is 0 Å². The van der Waals surface area contributed by atoms with E-state index in [9.17, 15) is 0 Å². The number of rotatable bonds is 1. The Morgan fingerprint density at radius 3 is 2.76 bits per heavy atom. The van der Waals surface area contributed by atoms with Gasteiger partial charge in [-0.1, -0.05) is 48.0 Å². The van der Waals surface area contributed by atoms with Crippen molar-refractivity contribution in [2.24, 2.45) is 0 Å². The monoisotopic (exact) mass is 293 g/mol. The average molecular weight is 293 g/mol. The quantitative estimate of drug-likeness (QED) is 0.659. The number of nitrogens with one attached hydrogen (secondary N) is 2. The van der Waals surface area contributed by atoms with Gasteiger partial charge in [-0.3, -0.25) is 4.98 Å². The molecule has 0 amide bonds. The summed E-state index contributed by atoms with van der Waals surface area (Å²) in [6.45, 7) is 2.11. The molecule has 4 rings (SSSR count). The Labute approximate surface area is 128 Å². The molecule has 2 heterocycles. The van der Waals surface area contributed by atoms with Crippen molar-refractivity contribution in [2.45, 2.75) is 13.0 Å². The largest absolute Gasteiger partial charge is 0.314 e. The summed E-state index contributed by atoms with van der Waals surface area (Å²) in [5.74, 6) is 0. The standard InChI is InChI=1S/C17H15N3S/c1-11-4-6-13(7-5-11)15-14-9-8-12-3-2-10-18-16(12)17(14)20-21-19-15/h2-10,15,19-20H,1H3. The maximum atomic E-state index is 4.53. The van der Waals surface area contributed by atoms with E-state index in [1.165, 1.54) is 28.8 Å². The second kappa shape index (κ2) is 5.06. The molecule has 3 nitrogen and oxygen atoms in total. The highest BCUT2D eigenvalue weighted by Gasteiger charge is 2.23. The number of fused-ring (bicyclic) bond motifs is 3. The van der Waals surface area contributed by atoms with Gasteiger partial charge < -0.3 is 4.72 Å². The molecule has 2 aromatic carbocycles. The Bertz CT molecular complexity index is 799. The maximum Gasteiger partial charge on any atom is 0.0945 e. The van der Waals surface area contributed by atoms with E-state index in [4.69, 9.17) is 0 Å². The Morgan fingerprint density at radius 1 is 1.05 bits per heavy atom. The second-order valence-corrected chi connectivity index (χ2v) is 5.91. The zero-order chi connectivity index (χ0) is 14.2. The molecule has 0 fully saturated rings. The van der Waals surface area contributed by atoms with E-state index in [0.717, 1.165) is 16.6 Å². The van der Waals surface area contributed by atoms with Crippen molar-refractivity contribution in [1.82, 2.24) is 9.71 Å². The van der Waals surface area contributed by atoms with Gasteiger partial charge in [0.2, 0.25) is 0 Å². The molecular weight excluding hydrogens is 278 g/mol. The summed E-state index contributed by atoms with van der Waals surface area (Å²) in [5, 5.41) is 1.16. The summed E-state index contributed by atoms with van der Waals surface area (Å²) in [6, 6.07) is 17.3. The van der Waals surface area contributed by atoms with Crippen LogP contribution in [0.4, 0.5) is 5.69 Å². The molecule has 0 saturated carbocycles. The Kier molecular flexibility index (Phi) is 3.05. The molecule has 0 radical (unpaired) electrons. The summed E-state index contributed by atoms with van der Waals surface area (Å²) in [4.78, 5) is 4.53. The lowest BCUT2D eigenvalue weighted by Crippen LogP contribution is -2.23. The summed E-state index contributed by atoms with van der Waals surface area (Å²) in [6.07, 6.45) is 1.85. The van der Waals surface area contributed by atoms with Gasteiger partial charge in [-0.2, -0.15) is 0 Å². The van der Waals surface area contributed by atoms with Crippen molar-refractivity contribution in [3.8, 4) is 0 Å². The van der Waals surface area contributed by atoms with Gasteiger partial charge >= 0.3 is 0 Å². The highest BCUT2D eigenvalue weighted by atomic mass is 32.2. The van der Waals surface area contributed by atoms with Crippen LogP contribution >= 0.6 is 12.1 Å². The van der Waals surface area contributed by atoms with Crippen LogP contribution in [0.5, 0.6) is 0 Å². The van der Waals surface area contributed by atoms with Crippen LogP contribution in [0.1, 0.15) is 22.7 Å². The van der Waals surface area contributed by atoms with Crippen molar-refractivity contribution in [1.29, 1.82) is 0 Å². The minimum atomic E-state index is 0.179. The third-order valence-electron chi connectivity index (χ3n) is 3.86. The van der Waals surface area contributed by atoms with Gasteiger partial charge in [0.05, 0.1) is 17.2 Å². The van der Waals surface area contributed by atoms with Crippen LogP contribution < -0.4 is 9.44 Å². The van der Waals surface area contributed by atoms with Gasteiger partial charge in [-0.05, 0) is 18.6 Å². The fourth-order valence-electron chi connectivity index (χ4n) is 2.72. The number of anilines is 1. The van der Waals surface area contributed by atoms with E-state index in [1.807, 2.05) is 12.3 Å². The third kappa shape index (κ3) is 2.17. The van der Waals surface area contributed by atoms with Crippen molar-refractivity contribution in [3.63, 3.8) is 0 Å². The minimum Gasteiger partial charge on any atom is -0.314 e. The second-order valence-electron chi connectivity index (χ2n) is 5.27. The summed E-state index contributed by atoms with van der Waals surface area (Å²) >= 11 is 1.52. The molecular formula is C17H15N3S. The molecule has 0 bridgehead atoms. The molecule has 0 aliphatic carbocycles. The SMILES string of the molecule is Cc1ccc(C2NSNc3c2ccc2cccnc32)cc1. The number of aromatic nitrogens is 1. The predicted octanol–water partition coefficient (Wildman–Crippen LogP) is 4.21. The van der Waals surface area contributed by atoms with Gasteiger partial charge in [-0.15, -0.1) is 0 Å². The zero-order valence-electron chi connectivity index (χ0n) is 11.6. The van der Waals surface area contributed by atoms with E-state index >= 15 is 0 Å². The van der Waals surface area contributed by atoms with Gasteiger partial charge in [0, 0.05) is 29.3 Å². The first-order chi connectivity index (χ1) is 10.3. The molecule has 21 heavy (non-hydrogen) atoms. The van der Waals surface area contributed by atoms with Crippen LogP contribution in [0.2, 0.25) is 0 Å². The molecule has 1 unspecified atom stereocenters. The molecule has 1 aliphatic heterocycles. The first kappa shape index (κ1) is 12.7. The highest BCUT2D eigenvalue weighted by molar-refractivity contribution is 7.98. The van der Waals surface area contributed by atoms with E-state index in [0.29, 0.717) is 0 Å². The number of nitrogens with zero attached hydrogens (tertiary/aromatic N) is 1. The molecule has 1 aliphatic rings. The first-order valence-corrected chi connectivity index (χ1v) is 7.76. The summed E-state index contributed by atoms with van der Waals surface area (Å²) < 4.78 is 6.81. The minimum absolute atomic E-state index is 0.179. The summed E-state index contributed by atoms with van der Waals surface area (Å²) in [5.41, 5.74) is 5.93. The van der Waals surface area contributed by atoms with Crippen molar-refractivity contribution >= 4 is 28.7 Å². The summed E-state index contributed by atoms with van der Waals surface area (Å²) in [7, 11) is 0. The molecule has 1 aromatic heterocycles. The molecule has 1 atom stereocenters. The maximum absolute atomic E-state index is 4.53. The molecule has 2 N–H and O–H groups in total. The van der Waals surface area contributed by atoms with E-state index < -0.39 is 0 Å². The topological polar surface area (TPSA) is 37.0 Å². The van der Waals surface area contributed by atoms with Crippen molar-refractivity contribution in [2.75, 3.05) is 4.72 Å². The molecule has 104 valence electrons. The normalized spacial score (nSPS) is 17.3. The van der Waals surface area contributed by atoms with Gasteiger partial charge in [0.1, 0.15) is 0 Å². The number of pyridine rings is 1. The van der Waals surface area contributed by atoms with Crippen molar-refractivity contribution < 1.29 is 0 Å². The number of aryl methyl sites for hydroxylation is 1. The number of benzene rings is 2. The first-order valence-electron chi connectivity index (χ1n) is 6.94. The number of hydrogen-bond acceptors (Lipinski definition) is 4. The van der Waals surface area contributed by atoms with Gasteiger partial charge in [-0.25, -0.2) is 4.72 Å². The predicted molar refractivity (Wildman–Crippen MR) is 89.1 cm³/mol. The molecule has 3 aromatic rings. The Morgan fingerprint density at radius 2 is 1.90 bits per heavy atom. The molecule has 0 saturated heterocycles. The fourth-order valence-corrected chi connectivity index (χ4v) is 3.47. The van der Waals surface area contributed by atoms with E-state index in [-0.39, 0.29) is 6.04 Å². The van der Waals surface area contributed by atoms with Crippen LogP contribution in [0, 0.1) is 6.92 Å². The van der Waals surface area contributed by atoms with Crippen molar-refractivity contribution in [3.05, 3.63) is 71.4 Å². The lowest BCUT2D eigenvalue weighted by atomic mass is 9.96. The third-order valence-corrected chi connectivity index (χ3v) is 4.52. The van der Waals surface area contributed by atoms with E-state index in [1.54, 1.807) is 0 Å². The molecule has 4 heteroatoms.